The van der Waals surface area contributed by atoms with Gasteiger partial charge in [-0.1, -0.05) is 13.8 Å². The number of carbonyl (C=O) groups is 1. The van der Waals surface area contributed by atoms with Crippen LogP contribution in [0.5, 0.6) is 0 Å². The molecule has 0 saturated carbocycles. The first-order chi connectivity index (χ1) is 10.3. The predicted octanol–water partition coefficient (Wildman–Crippen LogP) is 2.18. The molecule has 2 heterocycles. The lowest BCUT2D eigenvalue weighted by Gasteiger charge is -2.29. The molecule has 0 unspecified atom stereocenters. The fraction of sp³-hybridized carbons (Fsp3) is 0.625. The second-order valence-corrected chi connectivity index (χ2v) is 5.29. The number of ether oxygens (including phenoxy) is 1. The van der Waals surface area contributed by atoms with Crippen molar-refractivity contribution < 1.29 is 9.53 Å². The molecule has 0 radical (unpaired) electrons. The van der Waals surface area contributed by atoms with Gasteiger partial charge < -0.3 is 14.5 Å². The van der Waals surface area contributed by atoms with Crippen LogP contribution in [0.2, 0.25) is 0 Å². The van der Waals surface area contributed by atoms with Gasteiger partial charge in [0.1, 0.15) is 5.69 Å². The highest BCUT2D eigenvalue weighted by Crippen LogP contribution is 2.17. The van der Waals surface area contributed by atoms with Gasteiger partial charge in [-0.05, 0) is 25.0 Å². The van der Waals surface area contributed by atoms with Crippen molar-refractivity contribution >= 4 is 11.6 Å². The van der Waals surface area contributed by atoms with E-state index < -0.39 is 0 Å². The van der Waals surface area contributed by atoms with E-state index in [0.717, 1.165) is 57.9 Å². The van der Waals surface area contributed by atoms with E-state index in [4.69, 9.17) is 4.74 Å². The first-order valence-corrected chi connectivity index (χ1v) is 7.84. The van der Waals surface area contributed by atoms with Crippen LogP contribution in [0.25, 0.3) is 0 Å². The highest BCUT2D eigenvalue weighted by Gasteiger charge is 2.18. The fourth-order valence-electron chi connectivity index (χ4n) is 2.57. The Balaban J connectivity index is 2.13. The summed E-state index contributed by atoms with van der Waals surface area (Å²) in [7, 11) is 0. The number of hydrogen-bond acceptors (Lipinski definition) is 4. The molecule has 0 spiro atoms. The molecule has 2 rings (SSSR count). The van der Waals surface area contributed by atoms with Gasteiger partial charge in [0.25, 0.3) is 5.91 Å². The number of rotatable bonds is 6. The summed E-state index contributed by atoms with van der Waals surface area (Å²) in [6, 6.07) is 3.87. The summed E-state index contributed by atoms with van der Waals surface area (Å²) in [5.74, 6) is 0.0359. The molecule has 1 amide bonds. The number of morpholine rings is 1. The van der Waals surface area contributed by atoms with Crippen molar-refractivity contribution in [2.45, 2.75) is 26.7 Å². The molecular weight excluding hydrogens is 266 g/mol. The minimum Gasteiger partial charge on any atom is -0.378 e. The lowest BCUT2D eigenvalue weighted by Crippen LogP contribution is -2.37. The van der Waals surface area contributed by atoms with E-state index in [1.807, 2.05) is 17.0 Å². The monoisotopic (exact) mass is 291 g/mol. The zero-order chi connectivity index (χ0) is 15.1. The molecule has 0 aromatic carbocycles. The maximum absolute atomic E-state index is 12.6. The number of hydrogen-bond donors (Lipinski definition) is 0. The Morgan fingerprint density at radius 1 is 1.29 bits per heavy atom. The van der Waals surface area contributed by atoms with Crippen molar-refractivity contribution in [1.29, 1.82) is 0 Å². The first-order valence-electron chi connectivity index (χ1n) is 7.84. The SMILES string of the molecule is CCCN(CCC)C(=O)c1cc(N2CCOCC2)ccn1. The normalized spacial score (nSPS) is 15.0. The standard InChI is InChI=1S/C16H25N3O2/c1-3-7-19(8-4-2)16(20)15-13-14(5-6-17-15)18-9-11-21-12-10-18/h5-6,13H,3-4,7-12H2,1-2H3. The molecule has 0 bridgehead atoms. The highest BCUT2D eigenvalue weighted by atomic mass is 16.5. The molecule has 5 nitrogen and oxygen atoms in total. The zero-order valence-corrected chi connectivity index (χ0v) is 13.0. The van der Waals surface area contributed by atoms with Gasteiger partial charge >= 0.3 is 0 Å². The molecule has 0 aliphatic carbocycles. The fourth-order valence-corrected chi connectivity index (χ4v) is 2.57. The van der Waals surface area contributed by atoms with Crippen LogP contribution in [0, 0.1) is 0 Å². The Hall–Kier alpha value is -1.62. The molecule has 1 fully saturated rings. The zero-order valence-electron chi connectivity index (χ0n) is 13.0. The van der Waals surface area contributed by atoms with Gasteiger partial charge in [-0.3, -0.25) is 9.78 Å². The van der Waals surface area contributed by atoms with Crippen molar-refractivity contribution in [3.63, 3.8) is 0 Å². The summed E-state index contributed by atoms with van der Waals surface area (Å²) in [4.78, 5) is 21.0. The summed E-state index contributed by atoms with van der Waals surface area (Å²) in [6.07, 6.45) is 3.66. The highest BCUT2D eigenvalue weighted by molar-refractivity contribution is 5.93. The molecule has 21 heavy (non-hydrogen) atoms. The minimum atomic E-state index is 0.0359. The van der Waals surface area contributed by atoms with Crippen molar-refractivity contribution in [1.82, 2.24) is 9.88 Å². The number of aromatic nitrogens is 1. The van der Waals surface area contributed by atoms with E-state index in [2.05, 4.69) is 23.7 Å². The second-order valence-electron chi connectivity index (χ2n) is 5.29. The third-order valence-corrected chi connectivity index (χ3v) is 3.61. The summed E-state index contributed by atoms with van der Waals surface area (Å²) < 4.78 is 5.37. The number of anilines is 1. The Kier molecular flexibility index (Phi) is 5.99. The number of carbonyl (C=O) groups excluding carboxylic acids is 1. The molecule has 1 aromatic heterocycles. The van der Waals surface area contributed by atoms with Crippen LogP contribution in [0.4, 0.5) is 5.69 Å². The van der Waals surface area contributed by atoms with Gasteiger partial charge in [0.15, 0.2) is 0 Å². The maximum atomic E-state index is 12.6. The third-order valence-electron chi connectivity index (χ3n) is 3.61. The van der Waals surface area contributed by atoms with Crippen LogP contribution < -0.4 is 4.90 Å². The molecule has 1 aliphatic rings. The van der Waals surface area contributed by atoms with Crippen molar-refractivity contribution in [2.75, 3.05) is 44.3 Å². The second kappa shape index (κ2) is 7.98. The van der Waals surface area contributed by atoms with Crippen molar-refractivity contribution in [3.05, 3.63) is 24.0 Å². The van der Waals surface area contributed by atoms with Gasteiger partial charge in [0.05, 0.1) is 13.2 Å². The first kappa shape index (κ1) is 15.8. The Morgan fingerprint density at radius 3 is 2.57 bits per heavy atom. The third kappa shape index (κ3) is 4.17. The van der Waals surface area contributed by atoms with E-state index in [0.29, 0.717) is 5.69 Å². The van der Waals surface area contributed by atoms with Crippen LogP contribution in [-0.4, -0.2) is 55.2 Å². The van der Waals surface area contributed by atoms with Crippen LogP contribution in [0.1, 0.15) is 37.2 Å². The molecule has 5 heteroatoms. The molecule has 0 N–H and O–H groups in total. The van der Waals surface area contributed by atoms with Crippen LogP contribution in [-0.2, 0) is 4.74 Å². The smallest absolute Gasteiger partial charge is 0.272 e. The lowest BCUT2D eigenvalue weighted by molar-refractivity contribution is 0.0749. The Bertz CT molecular complexity index is 453. The van der Waals surface area contributed by atoms with Crippen molar-refractivity contribution in [2.24, 2.45) is 0 Å². The lowest BCUT2D eigenvalue weighted by atomic mass is 10.2. The average Bonchev–Trinajstić information content (AvgIpc) is 2.55. The van der Waals surface area contributed by atoms with Crippen LogP contribution in [0.3, 0.4) is 0 Å². The number of amides is 1. The molecule has 1 aliphatic heterocycles. The van der Waals surface area contributed by atoms with Gasteiger partial charge in [-0.2, -0.15) is 0 Å². The molecule has 116 valence electrons. The van der Waals surface area contributed by atoms with Gasteiger partial charge in [-0.15, -0.1) is 0 Å². The van der Waals surface area contributed by atoms with Crippen LogP contribution in [0.15, 0.2) is 18.3 Å². The van der Waals surface area contributed by atoms with Gasteiger partial charge in [-0.25, -0.2) is 0 Å². The maximum Gasteiger partial charge on any atom is 0.272 e. The van der Waals surface area contributed by atoms with Crippen LogP contribution >= 0.6 is 0 Å². The quantitative estimate of drug-likeness (QED) is 0.806. The molecule has 1 aromatic rings. The summed E-state index contributed by atoms with van der Waals surface area (Å²) in [5, 5.41) is 0. The van der Waals surface area contributed by atoms with E-state index in [1.165, 1.54) is 0 Å². The number of pyridine rings is 1. The van der Waals surface area contributed by atoms with E-state index in [-0.39, 0.29) is 5.91 Å². The Morgan fingerprint density at radius 2 is 1.95 bits per heavy atom. The van der Waals surface area contributed by atoms with Crippen molar-refractivity contribution in [3.8, 4) is 0 Å². The predicted molar refractivity (Wildman–Crippen MR) is 83.8 cm³/mol. The van der Waals surface area contributed by atoms with E-state index in [9.17, 15) is 4.79 Å². The topological polar surface area (TPSA) is 45.7 Å². The molecule has 0 atom stereocenters. The van der Waals surface area contributed by atoms with E-state index in [1.54, 1.807) is 6.20 Å². The minimum absolute atomic E-state index is 0.0359. The average molecular weight is 291 g/mol. The van der Waals surface area contributed by atoms with Gasteiger partial charge in [0.2, 0.25) is 0 Å². The summed E-state index contributed by atoms with van der Waals surface area (Å²) in [5.41, 5.74) is 1.60. The Labute approximate surface area is 126 Å². The molecule has 1 saturated heterocycles. The largest absolute Gasteiger partial charge is 0.378 e. The summed E-state index contributed by atoms with van der Waals surface area (Å²) in [6.45, 7) is 8.97. The number of nitrogens with zero attached hydrogens (tertiary/aromatic N) is 3. The summed E-state index contributed by atoms with van der Waals surface area (Å²) >= 11 is 0. The van der Waals surface area contributed by atoms with Gasteiger partial charge in [0, 0.05) is 38.1 Å². The molecular formula is C16H25N3O2. The van der Waals surface area contributed by atoms with E-state index >= 15 is 0 Å².